The fourth-order valence-electron chi connectivity index (χ4n) is 3.89. The lowest BCUT2D eigenvalue weighted by molar-refractivity contribution is -0.141. The van der Waals surface area contributed by atoms with Gasteiger partial charge in [0.1, 0.15) is 17.1 Å². The Bertz CT molecular complexity index is 1250. The molecule has 0 radical (unpaired) electrons. The van der Waals surface area contributed by atoms with Gasteiger partial charge in [-0.25, -0.2) is 4.98 Å². The van der Waals surface area contributed by atoms with E-state index in [4.69, 9.17) is 9.47 Å². The SMILES string of the molecule is COCC(C)n1c(C)c(C(=O)NCc2c(OC)cc(C)[nH]c2=O)c2ccc(C(F)(F)F)nc21. The van der Waals surface area contributed by atoms with Crippen molar-refractivity contribution < 1.29 is 27.4 Å². The van der Waals surface area contributed by atoms with Crippen molar-refractivity contribution >= 4 is 16.9 Å². The number of aryl methyl sites for hydroxylation is 1. The van der Waals surface area contributed by atoms with E-state index in [1.807, 2.05) is 0 Å². The lowest BCUT2D eigenvalue weighted by Gasteiger charge is -2.17. The first-order chi connectivity index (χ1) is 15.5. The van der Waals surface area contributed by atoms with E-state index in [0.29, 0.717) is 17.1 Å². The van der Waals surface area contributed by atoms with Crippen molar-refractivity contribution in [3.63, 3.8) is 0 Å². The number of carbonyl (C=O) groups excluding carboxylic acids is 1. The van der Waals surface area contributed by atoms with Crippen LogP contribution < -0.4 is 15.6 Å². The zero-order valence-corrected chi connectivity index (χ0v) is 18.9. The Kier molecular flexibility index (Phi) is 6.82. The van der Waals surface area contributed by atoms with Gasteiger partial charge in [0, 0.05) is 23.9 Å². The molecule has 3 aromatic heterocycles. The molecule has 0 aliphatic carbocycles. The van der Waals surface area contributed by atoms with E-state index in [1.165, 1.54) is 20.3 Å². The highest BCUT2D eigenvalue weighted by Gasteiger charge is 2.34. The Morgan fingerprint density at radius 3 is 2.58 bits per heavy atom. The molecule has 0 saturated carbocycles. The van der Waals surface area contributed by atoms with Crippen LogP contribution in [0.3, 0.4) is 0 Å². The van der Waals surface area contributed by atoms with Gasteiger partial charge in [-0.05, 0) is 39.0 Å². The van der Waals surface area contributed by atoms with Crippen molar-refractivity contribution in [3.05, 3.63) is 56.8 Å². The molecule has 8 nitrogen and oxygen atoms in total. The first kappa shape index (κ1) is 24.3. The molecule has 0 saturated heterocycles. The highest BCUT2D eigenvalue weighted by Crippen LogP contribution is 2.33. The van der Waals surface area contributed by atoms with E-state index in [0.717, 1.165) is 6.07 Å². The molecule has 3 heterocycles. The number of hydrogen-bond donors (Lipinski definition) is 2. The van der Waals surface area contributed by atoms with Crippen LogP contribution >= 0.6 is 0 Å². The van der Waals surface area contributed by atoms with Crippen molar-refractivity contribution in [2.75, 3.05) is 20.8 Å². The fourth-order valence-corrected chi connectivity index (χ4v) is 3.89. The summed E-state index contributed by atoms with van der Waals surface area (Å²) in [6.45, 7) is 5.17. The largest absolute Gasteiger partial charge is 0.496 e. The van der Waals surface area contributed by atoms with E-state index in [2.05, 4.69) is 15.3 Å². The number of amides is 1. The van der Waals surface area contributed by atoms with E-state index in [9.17, 15) is 22.8 Å². The minimum absolute atomic E-state index is 0.0304. The zero-order valence-electron chi connectivity index (χ0n) is 18.9. The first-order valence-electron chi connectivity index (χ1n) is 10.1. The van der Waals surface area contributed by atoms with Crippen molar-refractivity contribution in [1.29, 1.82) is 0 Å². The third kappa shape index (κ3) is 4.72. The van der Waals surface area contributed by atoms with Gasteiger partial charge in [0.15, 0.2) is 0 Å². The Hall–Kier alpha value is -3.34. The van der Waals surface area contributed by atoms with Crippen LogP contribution in [0, 0.1) is 13.8 Å². The predicted octanol–water partition coefficient (Wildman–Crippen LogP) is 3.51. The van der Waals surface area contributed by atoms with Crippen molar-refractivity contribution in [2.24, 2.45) is 0 Å². The summed E-state index contributed by atoms with van der Waals surface area (Å²) in [6.07, 6.45) is -4.63. The average molecular weight is 466 g/mol. The molecule has 0 spiro atoms. The summed E-state index contributed by atoms with van der Waals surface area (Å²) in [5, 5.41) is 2.95. The summed E-state index contributed by atoms with van der Waals surface area (Å²) in [7, 11) is 2.89. The maximum Gasteiger partial charge on any atom is 0.433 e. The van der Waals surface area contributed by atoms with Crippen LogP contribution in [0.2, 0.25) is 0 Å². The molecule has 1 amide bonds. The second-order valence-electron chi connectivity index (χ2n) is 7.71. The number of aromatic amines is 1. The number of hydrogen-bond acceptors (Lipinski definition) is 5. The number of fused-ring (bicyclic) bond motifs is 1. The lowest BCUT2D eigenvalue weighted by Crippen LogP contribution is -2.28. The molecule has 11 heteroatoms. The van der Waals surface area contributed by atoms with Crippen LogP contribution in [-0.2, 0) is 17.5 Å². The van der Waals surface area contributed by atoms with Gasteiger partial charge < -0.3 is 24.3 Å². The Morgan fingerprint density at radius 1 is 1.27 bits per heavy atom. The van der Waals surface area contributed by atoms with Crippen LogP contribution in [0.5, 0.6) is 5.75 Å². The van der Waals surface area contributed by atoms with Gasteiger partial charge in [0.2, 0.25) is 0 Å². The zero-order chi connectivity index (χ0) is 24.5. The number of H-pyrrole nitrogens is 1. The van der Waals surface area contributed by atoms with Gasteiger partial charge in [0.25, 0.3) is 11.5 Å². The molecule has 1 atom stereocenters. The summed E-state index contributed by atoms with van der Waals surface area (Å²) in [5.74, 6) is -0.231. The predicted molar refractivity (Wildman–Crippen MR) is 116 cm³/mol. The lowest BCUT2D eigenvalue weighted by atomic mass is 10.1. The average Bonchev–Trinajstić information content (AvgIpc) is 3.02. The maximum atomic E-state index is 13.3. The van der Waals surface area contributed by atoms with Gasteiger partial charge in [-0.15, -0.1) is 0 Å². The third-order valence-electron chi connectivity index (χ3n) is 5.34. The van der Waals surface area contributed by atoms with Gasteiger partial charge in [-0.3, -0.25) is 9.59 Å². The third-order valence-corrected chi connectivity index (χ3v) is 5.34. The Morgan fingerprint density at radius 2 is 1.97 bits per heavy atom. The second-order valence-corrected chi connectivity index (χ2v) is 7.71. The number of aromatic nitrogens is 3. The molecule has 2 N–H and O–H groups in total. The number of methoxy groups -OCH3 is 2. The van der Waals surface area contributed by atoms with Gasteiger partial charge >= 0.3 is 6.18 Å². The molecule has 0 aliphatic heterocycles. The monoisotopic (exact) mass is 466 g/mol. The summed E-state index contributed by atoms with van der Waals surface area (Å²) >= 11 is 0. The molecule has 0 bridgehead atoms. The molecular formula is C22H25F3N4O4. The fraction of sp³-hybridized carbons (Fsp3) is 0.409. The quantitative estimate of drug-likeness (QED) is 0.555. The highest BCUT2D eigenvalue weighted by molar-refractivity contribution is 6.07. The minimum atomic E-state index is -4.63. The number of pyridine rings is 2. The number of rotatable bonds is 7. The molecule has 0 aliphatic rings. The minimum Gasteiger partial charge on any atom is -0.496 e. The molecule has 178 valence electrons. The molecule has 0 fully saturated rings. The molecule has 0 aromatic carbocycles. The van der Waals surface area contributed by atoms with E-state index < -0.39 is 23.3 Å². The van der Waals surface area contributed by atoms with Crippen LogP contribution in [0.25, 0.3) is 11.0 Å². The molecule has 3 aromatic rings. The maximum absolute atomic E-state index is 13.3. The normalized spacial score (nSPS) is 12.7. The Balaban J connectivity index is 2.06. The van der Waals surface area contributed by atoms with Crippen LogP contribution in [0.4, 0.5) is 13.2 Å². The van der Waals surface area contributed by atoms with E-state index >= 15 is 0 Å². The molecular weight excluding hydrogens is 441 g/mol. The Labute approximate surface area is 187 Å². The second kappa shape index (κ2) is 9.26. The highest BCUT2D eigenvalue weighted by atomic mass is 19.4. The van der Waals surface area contributed by atoms with E-state index in [-0.39, 0.29) is 41.4 Å². The summed E-state index contributed by atoms with van der Waals surface area (Å²) in [4.78, 5) is 31.9. The van der Waals surface area contributed by atoms with Crippen LogP contribution in [0.1, 0.15) is 46.0 Å². The smallest absolute Gasteiger partial charge is 0.433 e. The van der Waals surface area contributed by atoms with Crippen molar-refractivity contribution in [3.8, 4) is 5.75 Å². The molecule has 1 unspecified atom stereocenters. The van der Waals surface area contributed by atoms with Crippen molar-refractivity contribution in [1.82, 2.24) is 19.9 Å². The number of ether oxygens (including phenoxy) is 2. The number of nitrogens with one attached hydrogen (secondary N) is 2. The molecule has 33 heavy (non-hydrogen) atoms. The molecule has 3 rings (SSSR count). The van der Waals surface area contributed by atoms with Crippen LogP contribution in [0.15, 0.2) is 23.0 Å². The number of nitrogens with zero attached hydrogens (tertiary/aromatic N) is 2. The van der Waals surface area contributed by atoms with Crippen molar-refractivity contribution in [2.45, 2.75) is 39.5 Å². The summed E-state index contributed by atoms with van der Waals surface area (Å²) in [6, 6.07) is 3.34. The van der Waals surface area contributed by atoms with Crippen LogP contribution in [-0.4, -0.2) is 41.3 Å². The topological polar surface area (TPSA) is 98.2 Å². The number of halogens is 3. The van der Waals surface area contributed by atoms with Gasteiger partial charge in [-0.2, -0.15) is 13.2 Å². The summed E-state index contributed by atoms with van der Waals surface area (Å²) in [5.41, 5.74) is 0.00784. The standard InChI is InChI=1S/C22H25F3N4O4/c1-11-8-16(33-5)15(20(30)27-11)9-26-21(31)18-13(3)29(12(2)10-32-4)19-14(18)6-7-17(28-19)22(23,24)25/h6-8,12H,9-10H2,1-5H3,(H,26,31)(H,27,30). The first-order valence-corrected chi connectivity index (χ1v) is 10.1. The van der Waals surface area contributed by atoms with E-state index in [1.54, 1.807) is 31.4 Å². The van der Waals surface area contributed by atoms with Gasteiger partial charge in [-0.1, -0.05) is 0 Å². The number of alkyl halides is 3. The number of carbonyl (C=O) groups is 1. The summed E-state index contributed by atoms with van der Waals surface area (Å²) < 4.78 is 51.8. The van der Waals surface area contributed by atoms with Gasteiger partial charge in [0.05, 0.1) is 37.4 Å².